The first-order valence-electron chi connectivity index (χ1n) is 12.1. The molecule has 5 rings (SSSR count). The summed E-state index contributed by atoms with van der Waals surface area (Å²) in [4.78, 5) is 5.00. The van der Waals surface area contributed by atoms with Gasteiger partial charge in [-0.2, -0.15) is 10.3 Å². The molecule has 0 bridgehead atoms. The Kier molecular flexibility index (Phi) is 6.28. The zero-order valence-electron chi connectivity index (χ0n) is 19.4. The summed E-state index contributed by atoms with van der Waals surface area (Å²) in [6.07, 6.45) is 8.19. The summed E-state index contributed by atoms with van der Waals surface area (Å²) in [6, 6.07) is 17.4. The summed E-state index contributed by atoms with van der Waals surface area (Å²) < 4.78 is 2.25. The average molecular weight is 442 g/mol. The lowest BCUT2D eigenvalue weighted by atomic mass is 9.95. The van der Waals surface area contributed by atoms with Crippen LogP contribution in [0, 0.1) is 0 Å². The van der Waals surface area contributed by atoms with E-state index in [0.717, 1.165) is 41.2 Å². The van der Waals surface area contributed by atoms with E-state index in [0.29, 0.717) is 17.8 Å². The van der Waals surface area contributed by atoms with E-state index in [1.165, 1.54) is 37.7 Å². The van der Waals surface area contributed by atoms with Gasteiger partial charge in [-0.1, -0.05) is 81.6 Å². The molecule has 0 radical (unpaired) electrons. The molecule has 0 amide bonds. The molecule has 4 aromatic rings. The minimum atomic E-state index is 0.387. The molecule has 0 saturated heterocycles. The number of aromatic nitrogens is 7. The molecule has 2 aromatic heterocycles. The summed E-state index contributed by atoms with van der Waals surface area (Å²) in [5.41, 5.74) is 4.44. The van der Waals surface area contributed by atoms with E-state index in [-0.39, 0.29) is 0 Å². The number of tetrazole rings is 1. The van der Waals surface area contributed by atoms with Crippen LogP contribution in [0.4, 0.5) is 0 Å². The van der Waals surface area contributed by atoms with Crippen molar-refractivity contribution in [1.29, 1.82) is 0 Å². The van der Waals surface area contributed by atoms with Crippen LogP contribution < -0.4 is 0 Å². The fourth-order valence-electron chi connectivity index (χ4n) is 4.69. The first-order chi connectivity index (χ1) is 16.2. The summed E-state index contributed by atoms with van der Waals surface area (Å²) in [7, 11) is 0. The van der Waals surface area contributed by atoms with Gasteiger partial charge in [0.1, 0.15) is 5.82 Å². The van der Waals surface area contributed by atoms with Crippen LogP contribution in [0.1, 0.15) is 81.5 Å². The zero-order valence-corrected chi connectivity index (χ0v) is 19.4. The van der Waals surface area contributed by atoms with Crippen molar-refractivity contribution in [1.82, 2.24) is 35.4 Å². The molecule has 33 heavy (non-hydrogen) atoms. The van der Waals surface area contributed by atoms with Crippen molar-refractivity contribution < 1.29 is 0 Å². The summed E-state index contributed by atoms with van der Waals surface area (Å²) in [5, 5.41) is 19.6. The lowest BCUT2D eigenvalue weighted by Gasteiger charge is -2.23. The van der Waals surface area contributed by atoms with Gasteiger partial charge in [-0.15, -0.1) is 10.2 Å². The number of benzene rings is 2. The third-order valence-corrected chi connectivity index (χ3v) is 6.83. The van der Waals surface area contributed by atoms with Gasteiger partial charge in [0.25, 0.3) is 0 Å². The van der Waals surface area contributed by atoms with Crippen molar-refractivity contribution in [2.45, 2.75) is 70.8 Å². The van der Waals surface area contributed by atoms with E-state index >= 15 is 0 Å². The fourth-order valence-corrected chi connectivity index (χ4v) is 4.69. The van der Waals surface area contributed by atoms with E-state index in [9.17, 15) is 0 Å². The van der Waals surface area contributed by atoms with Crippen molar-refractivity contribution in [3.8, 4) is 22.5 Å². The molecule has 7 nitrogen and oxygen atoms in total. The maximum Gasteiger partial charge on any atom is 0.205 e. The molecule has 0 spiro atoms. The molecule has 2 heterocycles. The van der Waals surface area contributed by atoms with Gasteiger partial charge in [0.2, 0.25) is 5.82 Å². The number of nitrogens with one attached hydrogen (secondary N) is 1. The van der Waals surface area contributed by atoms with Crippen LogP contribution in [0.25, 0.3) is 22.5 Å². The van der Waals surface area contributed by atoms with Crippen LogP contribution in [-0.4, -0.2) is 35.4 Å². The Bertz CT molecular complexity index is 1170. The average Bonchev–Trinajstić information content (AvgIpc) is 3.55. The van der Waals surface area contributed by atoms with E-state index in [4.69, 9.17) is 10.1 Å². The quantitative estimate of drug-likeness (QED) is 0.395. The minimum absolute atomic E-state index is 0.387. The van der Waals surface area contributed by atoms with Crippen LogP contribution in [0.5, 0.6) is 0 Å². The van der Waals surface area contributed by atoms with Gasteiger partial charge in [-0.25, -0.2) is 9.67 Å². The molecule has 1 N–H and O–H groups in total. The minimum Gasteiger partial charge on any atom is -0.246 e. The SMILES string of the molecule is CCC(C)c1nc(Cc2ccc(-c3ccccc3-c3nn[nH]n3)cc2)n(C2CCCCC2)n1. The maximum absolute atomic E-state index is 5.00. The van der Waals surface area contributed by atoms with Gasteiger partial charge in [0, 0.05) is 17.9 Å². The molecule has 7 heteroatoms. The van der Waals surface area contributed by atoms with Crippen LogP contribution >= 0.6 is 0 Å². The number of aromatic amines is 1. The number of hydrogen-bond donors (Lipinski definition) is 1. The van der Waals surface area contributed by atoms with Crippen molar-refractivity contribution in [2.75, 3.05) is 0 Å². The van der Waals surface area contributed by atoms with E-state index in [1.807, 2.05) is 18.2 Å². The number of hydrogen-bond acceptors (Lipinski definition) is 5. The van der Waals surface area contributed by atoms with E-state index < -0.39 is 0 Å². The van der Waals surface area contributed by atoms with Gasteiger partial charge in [0.05, 0.1) is 6.04 Å². The highest BCUT2D eigenvalue weighted by Gasteiger charge is 2.22. The highest BCUT2D eigenvalue weighted by molar-refractivity contribution is 5.80. The molecule has 1 aliphatic carbocycles. The summed E-state index contributed by atoms with van der Waals surface area (Å²) in [6.45, 7) is 4.43. The Morgan fingerprint density at radius 1 is 1.00 bits per heavy atom. The molecule has 1 aliphatic rings. The molecular formula is C26H31N7. The lowest BCUT2D eigenvalue weighted by molar-refractivity contribution is 0.320. The molecule has 1 atom stereocenters. The van der Waals surface area contributed by atoms with Crippen molar-refractivity contribution in [2.24, 2.45) is 0 Å². The van der Waals surface area contributed by atoms with Gasteiger partial charge in [-0.05, 0) is 41.2 Å². The Morgan fingerprint density at radius 3 is 2.45 bits per heavy atom. The first kappa shape index (κ1) is 21.5. The highest BCUT2D eigenvalue weighted by atomic mass is 15.5. The number of rotatable bonds is 7. The third kappa shape index (κ3) is 4.58. The van der Waals surface area contributed by atoms with Crippen LogP contribution in [0.2, 0.25) is 0 Å². The topological polar surface area (TPSA) is 85.2 Å². The molecular weight excluding hydrogens is 410 g/mol. The molecule has 1 saturated carbocycles. The van der Waals surface area contributed by atoms with Crippen LogP contribution in [-0.2, 0) is 6.42 Å². The Morgan fingerprint density at radius 2 is 1.76 bits per heavy atom. The van der Waals surface area contributed by atoms with Gasteiger partial charge in [0.15, 0.2) is 5.82 Å². The second-order valence-electron chi connectivity index (χ2n) is 9.09. The smallest absolute Gasteiger partial charge is 0.205 e. The van der Waals surface area contributed by atoms with Gasteiger partial charge < -0.3 is 0 Å². The standard InChI is InChI=1S/C26H31N7/c1-3-18(2)25-27-24(33(30-25)21-9-5-4-6-10-21)17-19-13-15-20(16-14-19)22-11-7-8-12-23(22)26-28-31-32-29-26/h7-8,11-16,18,21H,3-6,9-10,17H2,1-2H3,(H,28,29,31,32). The van der Waals surface area contributed by atoms with Crippen LogP contribution in [0.3, 0.4) is 0 Å². The molecule has 170 valence electrons. The van der Waals surface area contributed by atoms with E-state index in [1.54, 1.807) is 0 Å². The largest absolute Gasteiger partial charge is 0.246 e. The second-order valence-corrected chi connectivity index (χ2v) is 9.09. The van der Waals surface area contributed by atoms with Gasteiger partial charge in [-0.3, -0.25) is 0 Å². The highest BCUT2D eigenvalue weighted by Crippen LogP contribution is 2.32. The third-order valence-electron chi connectivity index (χ3n) is 6.83. The molecule has 0 aliphatic heterocycles. The zero-order chi connectivity index (χ0) is 22.6. The Hall–Kier alpha value is -3.35. The number of nitrogens with zero attached hydrogens (tertiary/aromatic N) is 6. The van der Waals surface area contributed by atoms with Gasteiger partial charge >= 0.3 is 0 Å². The van der Waals surface area contributed by atoms with Crippen molar-refractivity contribution in [3.63, 3.8) is 0 Å². The van der Waals surface area contributed by atoms with Crippen molar-refractivity contribution >= 4 is 0 Å². The predicted molar refractivity (Wildman–Crippen MR) is 129 cm³/mol. The second kappa shape index (κ2) is 9.65. The fraction of sp³-hybridized carbons (Fsp3) is 0.423. The predicted octanol–water partition coefficient (Wildman–Crippen LogP) is 5.73. The lowest BCUT2D eigenvalue weighted by Crippen LogP contribution is -2.17. The molecule has 1 fully saturated rings. The monoisotopic (exact) mass is 441 g/mol. The van der Waals surface area contributed by atoms with E-state index in [2.05, 4.69) is 69.5 Å². The summed E-state index contributed by atoms with van der Waals surface area (Å²) >= 11 is 0. The Balaban J connectivity index is 1.42. The maximum atomic E-state index is 5.00. The molecule has 1 unspecified atom stereocenters. The normalized spacial score (nSPS) is 15.6. The summed E-state index contributed by atoms with van der Waals surface area (Å²) in [5.74, 6) is 3.08. The first-order valence-corrected chi connectivity index (χ1v) is 12.1. The molecule has 2 aromatic carbocycles. The number of H-pyrrole nitrogens is 1. The van der Waals surface area contributed by atoms with Crippen molar-refractivity contribution in [3.05, 3.63) is 65.7 Å². The van der Waals surface area contributed by atoms with Crippen LogP contribution in [0.15, 0.2) is 48.5 Å². The Labute approximate surface area is 194 Å².